The molecule has 23 heavy (non-hydrogen) atoms. The summed E-state index contributed by atoms with van der Waals surface area (Å²) in [6.45, 7) is 6.14. The molecule has 5 nitrogen and oxygen atoms in total. The van der Waals surface area contributed by atoms with Gasteiger partial charge in [0, 0.05) is 0 Å². The minimum absolute atomic E-state index is 0.0166. The number of aliphatic hydroxyl groups is 1. The highest BCUT2D eigenvalue weighted by Gasteiger charge is 2.20. The molecule has 2 heterocycles. The SMILES string of the molecule is Cc1cc2cc(C(O)C(C)C)n(Cc3ccccc3)c(=O)n2n1. The van der Waals surface area contributed by atoms with Crippen molar-refractivity contribution >= 4 is 5.52 Å². The van der Waals surface area contributed by atoms with Crippen molar-refractivity contribution in [2.24, 2.45) is 5.92 Å². The fourth-order valence-electron chi connectivity index (χ4n) is 2.74. The molecule has 0 saturated carbocycles. The third-order valence-corrected chi connectivity index (χ3v) is 4.00. The van der Waals surface area contributed by atoms with Crippen molar-refractivity contribution in [1.29, 1.82) is 0 Å². The molecule has 0 aliphatic heterocycles. The lowest BCUT2D eigenvalue weighted by Crippen LogP contribution is -2.32. The molecule has 120 valence electrons. The zero-order chi connectivity index (χ0) is 16.6. The Kier molecular flexibility index (Phi) is 4.05. The van der Waals surface area contributed by atoms with E-state index < -0.39 is 6.10 Å². The third-order valence-electron chi connectivity index (χ3n) is 4.00. The number of benzene rings is 1. The maximum atomic E-state index is 12.8. The molecule has 1 unspecified atom stereocenters. The van der Waals surface area contributed by atoms with Crippen molar-refractivity contribution in [2.45, 2.75) is 33.4 Å². The van der Waals surface area contributed by atoms with Crippen LogP contribution in [0, 0.1) is 12.8 Å². The van der Waals surface area contributed by atoms with Crippen LogP contribution in [0.5, 0.6) is 0 Å². The summed E-state index contributed by atoms with van der Waals surface area (Å²) in [6.07, 6.45) is -0.702. The van der Waals surface area contributed by atoms with Crippen molar-refractivity contribution < 1.29 is 5.11 Å². The monoisotopic (exact) mass is 311 g/mol. The molecule has 3 aromatic rings. The maximum absolute atomic E-state index is 12.8. The molecule has 0 aliphatic carbocycles. The smallest absolute Gasteiger partial charge is 0.349 e. The predicted molar refractivity (Wildman–Crippen MR) is 89.5 cm³/mol. The standard InChI is InChI=1S/C18H21N3O2/c1-12(2)17(22)16-10-15-9-13(3)19-21(15)18(23)20(16)11-14-7-5-4-6-8-14/h4-10,12,17,22H,11H2,1-3H3. The molecule has 3 rings (SSSR count). The number of nitrogens with zero attached hydrogens (tertiary/aromatic N) is 3. The molecule has 0 spiro atoms. The molecule has 1 aromatic carbocycles. The first-order valence-corrected chi connectivity index (χ1v) is 7.79. The van der Waals surface area contributed by atoms with E-state index in [4.69, 9.17) is 0 Å². The highest BCUT2D eigenvalue weighted by Crippen LogP contribution is 2.22. The fourth-order valence-corrected chi connectivity index (χ4v) is 2.74. The van der Waals surface area contributed by atoms with Crippen molar-refractivity contribution in [3.63, 3.8) is 0 Å². The van der Waals surface area contributed by atoms with E-state index in [2.05, 4.69) is 5.10 Å². The van der Waals surface area contributed by atoms with E-state index in [-0.39, 0.29) is 11.6 Å². The largest absolute Gasteiger partial charge is 0.387 e. The summed E-state index contributed by atoms with van der Waals surface area (Å²) in [7, 11) is 0. The van der Waals surface area contributed by atoms with Crippen LogP contribution in [0.4, 0.5) is 0 Å². The second-order valence-corrected chi connectivity index (χ2v) is 6.23. The van der Waals surface area contributed by atoms with Crippen molar-refractivity contribution in [3.05, 3.63) is 69.9 Å². The molecule has 0 amide bonds. The number of aliphatic hydroxyl groups excluding tert-OH is 1. The van der Waals surface area contributed by atoms with Crippen molar-refractivity contribution in [2.75, 3.05) is 0 Å². The second-order valence-electron chi connectivity index (χ2n) is 6.23. The first-order valence-electron chi connectivity index (χ1n) is 7.79. The average molecular weight is 311 g/mol. The van der Waals surface area contributed by atoms with E-state index >= 15 is 0 Å². The molecule has 0 fully saturated rings. The fraction of sp³-hybridized carbons (Fsp3) is 0.333. The number of aromatic nitrogens is 3. The molecule has 1 atom stereocenters. The normalized spacial score (nSPS) is 12.9. The summed E-state index contributed by atoms with van der Waals surface area (Å²) < 4.78 is 3.01. The third kappa shape index (κ3) is 2.92. The molecule has 5 heteroatoms. The van der Waals surface area contributed by atoms with Gasteiger partial charge in [-0.25, -0.2) is 4.79 Å². The number of rotatable bonds is 4. The van der Waals surface area contributed by atoms with E-state index in [0.29, 0.717) is 17.8 Å². The van der Waals surface area contributed by atoms with E-state index in [1.807, 2.05) is 63.2 Å². The zero-order valence-electron chi connectivity index (χ0n) is 13.6. The Bertz CT molecular complexity index is 878. The van der Waals surface area contributed by atoms with Gasteiger partial charge in [-0.1, -0.05) is 44.2 Å². The summed E-state index contributed by atoms with van der Waals surface area (Å²) in [5, 5.41) is 14.8. The lowest BCUT2D eigenvalue weighted by molar-refractivity contribution is 0.117. The summed E-state index contributed by atoms with van der Waals surface area (Å²) in [5.41, 5.74) is 2.90. The summed E-state index contributed by atoms with van der Waals surface area (Å²) >= 11 is 0. The lowest BCUT2D eigenvalue weighted by Gasteiger charge is -2.20. The number of fused-ring (bicyclic) bond motifs is 1. The van der Waals surface area contributed by atoms with E-state index in [1.165, 1.54) is 4.52 Å². The van der Waals surface area contributed by atoms with Gasteiger partial charge >= 0.3 is 5.69 Å². The molecule has 0 radical (unpaired) electrons. The van der Waals surface area contributed by atoms with Crippen LogP contribution in [-0.4, -0.2) is 19.3 Å². The van der Waals surface area contributed by atoms with Crippen molar-refractivity contribution in [1.82, 2.24) is 14.2 Å². The molecule has 0 saturated heterocycles. The molecule has 1 N–H and O–H groups in total. The van der Waals surface area contributed by atoms with E-state index in [0.717, 1.165) is 11.3 Å². The predicted octanol–water partition coefficient (Wildman–Crippen LogP) is 2.54. The van der Waals surface area contributed by atoms with Crippen LogP contribution < -0.4 is 5.69 Å². The van der Waals surface area contributed by atoms with Gasteiger partial charge in [-0.2, -0.15) is 9.61 Å². The first kappa shape index (κ1) is 15.5. The van der Waals surface area contributed by atoms with Crippen LogP contribution in [0.15, 0.2) is 47.3 Å². The van der Waals surface area contributed by atoms with Crippen LogP contribution in [-0.2, 0) is 6.54 Å². The second kappa shape index (κ2) is 6.01. The highest BCUT2D eigenvalue weighted by atomic mass is 16.3. The summed E-state index contributed by atoms with van der Waals surface area (Å²) in [6, 6.07) is 13.5. The Labute approximate surface area is 134 Å². The molecule has 0 bridgehead atoms. The summed E-state index contributed by atoms with van der Waals surface area (Å²) in [4.78, 5) is 12.8. The Morgan fingerprint density at radius 3 is 2.52 bits per heavy atom. The Balaban J connectivity index is 2.21. The van der Waals surface area contributed by atoms with Crippen LogP contribution in [0.2, 0.25) is 0 Å². The van der Waals surface area contributed by atoms with Gasteiger partial charge in [0.2, 0.25) is 0 Å². The number of hydrogen-bond donors (Lipinski definition) is 1. The first-order chi connectivity index (χ1) is 11.0. The summed E-state index contributed by atoms with van der Waals surface area (Å²) in [5.74, 6) is 0.0166. The Morgan fingerprint density at radius 2 is 1.87 bits per heavy atom. The van der Waals surface area contributed by atoms with Crippen LogP contribution in [0.3, 0.4) is 0 Å². The molecule has 2 aromatic heterocycles. The quantitative estimate of drug-likeness (QED) is 0.805. The molecular formula is C18H21N3O2. The van der Waals surface area contributed by atoms with Gasteiger partial charge in [0.25, 0.3) is 0 Å². The van der Waals surface area contributed by atoms with Gasteiger partial charge in [0.05, 0.1) is 29.6 Å². The zero-order valence-corrected chi connectivity index (χ0v) is 13.6. The minimum atomic E-state index is -0.702. The minimum Gasteiger partial charge on any atom is -0.387 e. The van der Waals surface area contributed by atoms with Crippen LogP contribution >= 0.6 is 0 Å². The molecule has 0 aliphatic rings. The Hall–Kier alpha value is -2.40. The topological polar surface area (TPSA) is 59.5 Å². The van der Waals surface area contributed by atoms with Crippen LogP contribution in [0.25, 0.3) is 5.52 Å². The van der Waals surface area contributed by atoms with Gasteiger partial charge in [0.1, 0.15) is 0 Å². The number of hydrogen-bond acceptors (Lipinski definition) is 3. The number of aryl methyl sites for hydroxylation is 1. The van der Waals surface area contributed by atoms with E-state index in [1.54, 1.807) is 4.57 Å². The Morgan fingerprint density at radius 1 is 1.17 bits per heavy atom. The van der Waals surface area contributed by atoms with E-state index in [9.17, 15) is 9.90 Å². The van der Waals surface area contributed by atoms with Gasteiger partial charge in [-0.3, -0.25) is 4.57 Å². The van der Waals surface area contributed by atoms with Gasteiger partial charge in [-0.15, -0.1) is 0 Å². The average Bonchev–Trinajstić information content (AvgIpc) is 2.91. The van der Waals surface area contributed by atoms with Gasteiger partial charge < -0.3 is 5.11 Å². The van der Waals surface area contributed by atoms with Gasteiger partial charge in [-0.05, 0) is 30.5 Å². The van der Waals surface area contributed by atoms with Gasteiger partial charge in [0.15, 0.2) is 0 Å². The maximum Gasteiger partial charge on any atom is 0.349 e. The van der Waals surface area contributed by atoms with Crippen LogP contribution in [0.1, 0.15) is 36.9 Å². The van der Waals surface area contributed by atoms with Crippen molar-refractivity contribution in [3.8, 4) is 0 Å². The lowest BCUT2D eigenvalue weighted by atomic mass is 10.0. The molecular weight excluding hydrogens is 290 g/mol. The highest BCUT2D eigenvalue weighted by molar-refractivity contribution is 5.48.